The molecule has 3 nitrogen and oxygen atoms in total. The van der Waals surface area contributed by atoms with Gasteiger partial charge in [-0.1, -0.05) is 6.92 Å². The van der Waals surface area contributed by atoms with Crippen LogP contribution >= 0.6 is 0 Å². The molecule has 0 bridgehead atoms. The summed E-state index contributed by atoms with van der Waals surface area (Å²) in [5.74, 6) is 0. The molecule has 1 aromatic rings. The lowest BCUT2D eigenvalue weighted by molar-refractivity contribution is 0.169. The molecule has 0 aromatic carbocycles. The van der Waals surface area contributed by atoms with Gasteiger partial charge in [-0.3, -0.25) is 4.98 Å². The minimum absolute atomic E-state index is 0.419. The average Bonchev–Trinajstić information content (AvgIpc) is 2.82. The number of hydrogen-bond acceptors (Lipinski definition) is 3. The van der Waals surface area contributed by atoms with Gasteiger partial charge in [0.2, 0.25) is 0 Å². The number of aromatic nitrogens is 1. The Morgan fingerprint density at radius 2 is 2.13 bits per heavy atom. The molecule has 1 N–H and O–H groups in total. The zero-order valence-corrected chi connectivity index (χ0v) is 9.19. The van der Waals surface area contributed by atoms with E-state index in [-0.39, 0.29) is 0 Å². The molecule has 1 atom stereocenters. The van der Waals surface area contributed by atoms with Gasteiger partial charge in [-0.05, 0) is 31.4 Å². The first-order valence-electron chi connectivity index (χ1n) is 5.70. The summed E-state index contributed by atoms with van der Waals surface area (Å²) in [5.41, 5.74) is 1.96. The molecule has 2 heterocycles. The van der Waals surface area contributed by atoms with Crippen LogP contribution in [0, 0.1) is 0 Å². The fourth-order valence-corrected chi connectivity index (χ4v) is 1.97. The minimum atomic E-state index is -0.419. The van der Waals surface area contributed by atoms with Gasteiger partial charge in [0.05, 0.1) is 23.7 Å². The fourth-order valence-electron chi connectivity index (χ4n) is 1.97. The Bertz CT molecular complexity index is 304. The SMILES string of the molecule is CCC(O)c1ccc(N2CCCC2)cn1. The molecule has 1 aliphatic rings. The average molecular weight is 206 g/mol. The normalized spacial score (nSPS) is 18.1. The summed E-state index contributed by atoms with van der Waals surface area (Å²) in [4.78, 5) is 6.64. The zero-order chi connectivity index (χ0) is 10.7. The summed E-state index contributed by atoms with van der Waals surface area (Å²) in [6.07, 6.45) is 4.73. The van der Waals surface area contributed by atoms with Gasteiger partial charge in [-0.15, -0.1) is 0 Å². The summed E-state index contributed by atoms with van der Waals surface area (Å²) in [7, 11) is 0. The lowest BCUT2D eigenvalue weighted by Gasteiger charge is -2.17. The van der Waals surface area contributed by atoms with E-state index in [1.807, 2.05) is 19.2 Å². The minimum Gasteiger partial charge on any atom is -0.387 e. The van der Waals surface area contributed by atoms with Crippen LogP contribution in [0.2, 0.25) is 0 Å². The predicted octanol–water partition coefficient (Wildman–Crippen LogP) is 2.13. The van der Waals surface area contributed by atoms with Crippen molar-refractivity contribution in [2.45, 2.75) is 32.3 Å². The van der Waals surface area contributed by atoms with Crippen molar-refractivity contribution in [2.24, 2.45) is 0 Å². The van der Waals surface area contributed by atoms with E-state index >= 15 is 0 Å². The van der Waals surface area contributed by atoms with Crippen molar-refractivity contribution in [3.63, 3.8) is 0 Å². The fraction of sp³-hybridized carbons (Fsp3) is 0.583. The maximum Gasteiger partial charge on any atom is 0.0957 e. The van der Waals surface area contributed by atoms with E-state index in [1.165, 1.54) is 18.5 Å². The van der Waals surface area contributed by atoms with Crippen molar-refractivity contribution in [1.29, 1.82) is 0 Å². The molecule has 1 saturated heterocycles. The van der Waals surface area contributed by atoms with E-state index in [1.54, 1.807) is 0 Å². The first-order chi connectivity index (χ1) is 7.31. The van der Waals surface area contributed by atoms with Gasteiger partial charge < -0.3 is 10.0 Å². The Balaban J connectivity index is 2.09. The monoisotopic (exact) mass is 206 g/mol. The molecule has 0 spiro atoms. The number of pyridine rings is 1. The van der Waals surface area contributed by atoms with Crippen molar-refractivity contribution in [3.05, 3.63) is 24.0 Å². The third-order valence-electron chi connectivity index (χ3n) is 2.97. The van der Waals surface area contributed by atoms with Gasteiger partial charge >= 0.3 is 0 Å². The first kappa shape index (κ1) is 10.4. The molecule has 3 heteroatoms. The molecule has 1 fully saturated rings. The molecule has 0 radical (unpaired) electrons. The zero-order valence-electron chi connectivity index (χ0n) is 9.19. The van der Waals surface area contributed by atoms with Gasteiger partial charge in [-0.25, -0.2) is 0 Å². The Labute approximate surface area is 90.8 Å². The molecular formula is C12H18N2O. The van der Waals surface area contributed by atoms with Crippen LogP contribution in [0.5, 0.6) is 0 Å². The van der Waals surface area contributed by atoms with Crippen LogP contribution in [0.15, 0.2) is 18.3 Å². The summed E-state index contributed by atoms with van der Waals surface area (Å²) >= 11 is 0. The lowest BCUT2D eigenvalue weighted by Crippen LogP contribution is -2.17. The Hall–Kier alpha value is -1.09. The van der Waals surface area contributed by atoms with Crippen LogP contribution in [0.25, 0.3) is 0 Å². The number of aliphatic hydroxyl groups excluding tert-OH is 1. The Morgan fingerprint density at radius 1 is 1.40 bits per heavy atom. The van der Waals surface area contributed by atoms with E-state index in [2.05, 4.69) is 16.0 Å². The Morgan fingerprint density at radius 3 is 2.67 bits per heavy atom. The molecule has 2 rings (SSSR count). The van der Waals surface area contributed by atoms with Gasteiger partial charge in [0.15, 0.2) is 0 Å². The molecule has 0 amide bonds. The number of anilines is 1. The second-order valence-electron chi connectivity index (χ2n) is 4.06. The highest BCUT2D eigenvalue weighted by atomic mass is 16.3. The van der Waals surface area contributed by atoms with Crippen LogP contribution in [0.4, 0.5) is 5.69 Å². The van der Waals surface area contributed by atoms with E-state index in [4.69, 9.17) is 0 Å². The number of aliphatic hydroxyl groups is 1. The number of rotatable bonds is 3. The van der Waals surface area contributed by atoms with Crippen molar-refractivity contribution < 1.29 is 5.11 Å². The molecule has 0 saturated carbocycles. The van der Waals surface area contributed by atoms with Crippen LogP contribution in [-0.2, 0) is 0 Å². The van der Waals surface area contributed by atoms with Crippen molar-refractivity contribution in [2.75, 3.05) is 18.0 Å². The maximum absolute atomic E-state index is 9.61. The van der Waals surface area contributed by atoms with Crippen LogP contribution in [0.1, 0.15) is 38.0 Å². The maximum atomic E-state index is 9.61. The summed E-state index contributed by atoms with van der Waals surface area (Å²) < 4.78 is 0. The summed E-state index contributed by atoms with van der Waals surface area (Å²) in [6.45, 7) is 4.23. The predicted molar refractivity (Wildman–Crippen MR) is 60.9 cm³/mol. The van der Waals surface area contributed by atoms with Crippen molar-refractivity contribution >= 4 is 5.69 Å². The molecule has 15 heavy (non-hydrogen) atoms. The first-order valence-corrected chi connectivity index (χ1v) is 5.70. The molecule has 1 unspecified atom stereocenters. The molecule has 82 valence electrons. The second kappa shape index (κ2) is 4.62. The van der Waals surface area contributed by atoms with E-state index < -0.39 is 6.10 Å². The standard InChI is InChI=1S/C12H18N2O/c1-2-12(15)11-6-5-10(9-13-11)14-7-3-4-8-14/h5-6,9,12,15H,2-4,7-8H2,1H3. The van der Waals surface area contributed by atoms with Crippen LogP contribution < -0.4 is 4.90 Å². The smallest absolute Gasteiger partial charge is 0.0957 e. The highest BCUT2D eigenvalue weighted by Gasteiger charge is 2.13. The number of nitrogens with zero attached hydrogens (tertiary/aromatic N) is 2. The second-order valence-corrected chi connectivity index (χ2v) is 4.06. The number of hydrogen-bond donors (Lipinski definition) is 1. The summed E-state index contributed by atoms with van der Waals surface area (Å²) in [5, 5.41) is 9.61. The highest BCUT2D eigenvalue weighted by Crippen LogP contribution is 2.21. The van der Waals surface area contributed by atoms with Crippen molar-refractivity contribution in [1.82, 2.24) is 4.98 Å². The van der Waals surface area contributed by atoms with Gasteiger partial charge in [-0.2, -0.15) is 0 Å². The van der Waals surface area contributed by atoms with Gasteiger partial charge in [0.1, 0.15) is 0 Å². The molecule has 1 aliphatic heterocycles. The van der Waals surface area contributed by atoms with Crippen LogP contribution in [0.3, 0.4) is 0 Å². The molecular weight excluding hydrogens is 188 g/mol. The Kier molecular flexibility index (Phi) is 3.21. The van der Waals surface area contributed by atoms with Crippen molar-refractivity contribution in [3.8, 4) is 0 Å². The van der Waals surface area contributed by atoms with Gasteiger partial charge in [0.25, 0.3) is 0 Å². The third-order valence-corrected chi connectivity index (χ3v) is 2.97. The summed E-state index contributed by atoms with van der Waals surface area (Å²) in [6, 6.07) is 3.99. The molecule has 1 aromatic heterocycles. The quantitative estimate of drug-likeness (QED) is 0.823. The highest BCUT2D eigenvalue weighted by molar-refractivity contribution is 5.45. The molecule has 0 aliphatic carbocycles. The third kappa shape index (κ3) is 2.29. The van der Waals surface area contributed by atoms with Gasteiger partial charge in [0, 0.05) is 13.1 Å². The van der Waals surface area contributed by atoms with E-state index in [0.717, 1.165) is 25.2 Å². The topological polar surface area (TPSA) is 36.4 Å². The van der Waals surface area contributed by atoms with E-state index in [0.29, 0.717) is 0 Å². The lowest BCUT2D eigenvalue weighted by atomic mass is 10.2. The van der Waals surface area contributed by atoms with Crippen LogP contribution in [-0.4, -0.2) is 23.2 Å². The van der Waals surface area contributed by atoms with E-state index in [9.17, 15) is 5.11 Å². The largest absolute Gasteiger partial charge is 0.387 e.